The number of sulfonamides is 1. The van der Waals surface area contributed by atoms with Crippen molar-refractivity contribution in [2.75, 3.05) is 13.7 Å². The largest absolute Gasteiger partial charge is 0.494 e. The summed E-state index contributed by atoms with van der Waals surface area (Å²) in [6.07, 6.45) is 1.29. The lowest BCUT2D eigenvalue weighted by Crippen LogP contribution is -2.48. The second kappa shape index (κ2) is 6.42. The van der Waals surface area contributed by atoms with Crippen molar-refractivity contribution in [3.05, 3.63) is 21.6 Å². The lowest BCUT2D eigenvalue weighted by Gasteiger charge is -2.35. The minimum atomic E-state index is -3.68. The molecule has 0 aliphatic carbocycles. The van der Waals surface area contributed by atoms with E-state index in [2.05, 4.69) is 15.9 Å². The zero-order valence-corrected chi connectivity index (χ0v) is 15.0. The van der Waals surface area contributed by atoms with Crippen molar-refractivity contribution >= 4 is 37.6 Å². The third-order valence-electron chi connectivity index (χ3n) is 3.62. The smallest absolute Gasteiger partial charge is 0.247 e. The monoisotopic (exact) mass is 396 g/mol. The summed E-state index contributed by atoms with van der Waals surface area (Å²) >= 11 is 9.28. The van der Waals surface area contributed by atoms with Gasteiger partial charge in [0.2, 0.25) is 10.0 Å². The van der Waals surface area contributed by atoms with Crippen LogP contribution >= 0.6 is 27.5 Å². The predicted molar refractivity (Wildman–Crippen MR) is 86.3 cm³/mol. The van der Waals surface area contributed by atoms with Gasteiger partial charge in [0.15, 0.2) is 5.75 Å². The van der Waals surface area contributed by atoms with Crippen LogP contribution in [0.25, 0.3) is 0 Å². The van der Waals surface area contributed by atoms with Crippen LogP contribution in [0.5, 0.6) is 5.75 Å². The standard InChI is InChI=1S/C13H18BrClN2O3S/c1-8-5-10(16)3-4-17(8)21(18,19)12-7-9(15)6-11(14)13(12)20-2/h6-8,10H,3-5,16H2,1-2H3. The lowest BCUT2D eigenvalue weighted by molar-refractivity contribution is 0.246. The Kier molecular flexibility index (Phi) is 5.20. The molecule has 0 spiro atoms. The number of methoxy groups -OCH3 is 1. The number of halogens is 2. The van der Waals surface area contributed by atoms with E-state index >= 15 is 0 Å². The number of rotatable bonds is 3. The summed E-state index contributed by atoms with van der Waals surface area (Å²) < 4.78 is 33.0. The highest BCUT2D eigenvalue weighted by atomic mass is 79.9. The molecule has 1 aliphatic rings. The van der Waals surface area contributed by atoms with Gasteiger partial charge in [-0.3, -0.25) is 0 Å². The van der Waals surface area contributed by atoms with Crippen molar-refractivity contribution in [3.63, 3.8) is 0 Å². The van der Waals surface area contributed by atoms with Gasteiger partial charge in [-0.05, 0) is 47.8 Å². The maximum atomic E-state index is 12.9. The normalized spacial score (nSPS) is 24.0. The molecule has 2 unspecified atom stereocenters. The molecule has 118 valence electrons. The fourth-order valence-corrected chi connectivity index (χ4v) is 5.63. The minimum Gasteiger partial charge on any atom is -0.494 e. The van der Waals surface area contributed by atoms with Gasteiger partial charge >= 0.3 is 0 Å². The van der Waals surface area contributed by atoms with Crippen molar-refractivity contribution in [1.29, 1.82) is 0 Å². The fraction of sp³-hybridized carbons (Fsp3) is 0.538. The number of hydrogen-bond acceptors (Lipinski definition) is 4. The summed E-state index contributed by atoms with van der Waals surface area (Å²) in [5.74, 6) is 0.265. The molecule has 5 nitrogen and oxygen atoms in total. The summed E-state index contributed by atoms with van der Waals surface area (Å²) in [6, 6.07) is 2.91. The van der Waals surface area contributed by atoms with Gasteiger partial charge in [-0.2, -0.15) is 4.31 Å². The Morgan fingerprint density at radius 3 is 2.71 bits per heavy atom. The molecule has 1 fully saturated rings. The summed E-state index contributed by atoms with van der Waals surface area (Å²) in [7, 11) is -2.25. The number of nitrogens with zero attached hydrogens (tertiary/aromatic N) is 1. The van der Waals surface area contributed by atoms with Crippen LogP contribution in [-0.2, 0) is 10.0 Å². The first-order valence-electron chi connectivity index (χ1n) is 6.57. The van der Waals surface area contributed by atoms with E-state index in [9.17, 15) is 8.42 Å². The van der Waals surface area contributed by atoms with Gasteiger partial charge in [-0.25, -0.2) is 8.42 Å². The molecule has 0 bridgehead atoms. The summed E-state index contributed by atoms with van der Waals surface area (Å²) in [4.78, 5) is 0.0756. The maximum Gasteiger partial charge on any atom is 0.247 e. The Morgan fingerprint density at radius 1 is 1.48 bits per heavy atom. The molecule has 2 atom stereocenters. The molecule has 0 amide bonds. The highest BCUT2D eigenvalue weighted by Crippen LogP contribution is 2.38. The van der Waals surface area contributed by atoms with Crippen LogP contribution in [0.4, 0.5) is 0 Å². The molecule has 1 heterocycles. The Bertz CT molecular complexity index is 639. The van der Waals surface area contributed by atoms with E-state index in [0.717, 1.165) is 0 Å². The quantitative estimate of drug-likeness (QED) is 0.851. The van der Waals surface area contributed by atoms with E-state index in [1.54, 1.807) is 6.07 Å². The van der Waals surface area contributed by atoms with Crippen LogP contribution in [0.15, 0.2) is 21.5 Å². The molecule has 2 N–H and O–H groups in total. The Balaban J connectivity index is 2.49. The van der Waals surface area contributed by atoms with Crippen LogP contribution in [-0.4, -0.2) is 38.5 Å². The first kappa shape index (κ1) is 17.0. The topological polar surface area (TPSA) is 72.6 Å². The predicted octanol–water partition coefficient (Wildman–Crippen LogP) is 2.61. The summed E-state index contributed by atoms with van der Waals surface area (Å²) in [5.41, 5.74) is 5.90. The van der Waals surface area contributed by atoms with E-state index in [1.807, 2.05) is 6.92 Å². The van der Waals surface area contributed by atoms with E-state index in [4.69, 9.17) is 22.1 Å². The van der Waals surface area contributed by atoms with Crippen LogP contribution in [0, 0.1) is 0 Å². The van der Waals surface area contributed by atoms with Gasteiger partial charge in [0.1, 0.15) is 4.90 Å². The van der Waals surface area contributed by atoms with Crippen LogP contribution < -0.4 is 10.5 Å². The summed E-state index contributed by atoms with van der Waals surface area (Å²) in [6.45, 7) is 2.26. The van der Waals surface area contributed by atoms with Gasteiger partial charge in [0.05, 0.1) is 11.6 Å². The highest BCUT2D eigenvalue weighted by Gasteiger charge is 2.35. The molecule has 8 heteroatoms. The number of benzene rings is 1. The van der Waals surface area contributed by atoms with Gasteiger partial charge in [-0.15, -0.1) is 0 Å². The van der Waals surface area contributed by atoms with Gasteiger partial charge in [-0.1, -0.05) is 11.6 Å². The van der Waals surface area contributed by atoms with Crippen molar-refractivity contribution in [3.8, 4) is 5.75 Å². The lowest BCUT2D eigenvalue weighted by atomic mass is 10.0. The Morgan fingerprint density at radius 2 is 2.14 bits per heavy atom. The average Bonchev–Trinajstić information content (AvgIpc) is 2.37. The first-order valence-corrected chi connectivity index (χ1v) is 9.19. The van der Waals surface area contributed by atoms with Crippen LogP contribution in [0.3, 0.4) is 0 Å². The SMILES string of the molecule is COc1c(Br)cc(Cl)cc1S(=O)(=O)N1CCC(N)CC1C. The van der Waals surface area contributed by atoms with Gasteiger partial charge in [0, 0.05) is 23.7 Å². The average molecular weight is 398 g/mol. The third-order valence-corrected chi connectivity index (χ3v) is 6.45. The molecule has 0 saturated carbocycles. The third kappa shape index (κ3) is 3.37. The Hall–Kier alpha value is -0.340. The first-order chi connectivity index (χ1) is 9.77. The molecular weight excluding hydrogens is 380 g/mol. The van der Waals surface area contributed by atoms with Crippen molar-refractivity contribution in [1.82, 2.24) is 4.31 Å². The van der Waals surface area contributed by atoms with Crippen LogP contribution in [0.1, 0.15) is 19.8 Å². The maximum absolute atomic E-state index is 12.9. The molecule has 1 aromatic rings. The van der Waals surface area contributed by atoms with Crippen molar-refractivity contribution in [2.45, 2.75) is 36.7 Å². The van der Waals surface area contributed by atoms with E-state index in [1.165, 1.54) is 17.5 Å². The number of hydrogen-bond donors (Lipinski definition) is 1. The molecule has 1 aliphatic heterocycles. The van der Waals surface area contributed by atoms with Gasteiger partial charge in [0.25, 0.3) is 0 Å². The number of ether oxygens (including phenoxy) is 1. The molecule has 2 rings (SSSR count). The molecular formula is C13H18BrClN2O3S. The molecule has 1 saturated heterocycles. The van der Waals surface area contributed by atoms with Crippen molar-refractivity contribution < 1.29 is 13.2 Å². The van der Waals surface area contributed by atoms with E-state index in [0.29, 0.717) is 28.9 Å². The Labute approximate surface area is 138 Å². The van der Waals surface area contributed by atoms with Crippen LogP contribution in [0.2, 0.25) is 5.02 Å². The minimum absolute atomic E-state index is 0.0412. The second-order valence-electron chi connectivity index (χ2n) is 5.17. The molecule has 0 radical (unpaired) electrons. The van der Waals surface area contributed by atoms with E-state index < -0.39 is 10.0 Å². The zero-order chi connectivity index (χ0) is 15.8. The molecule has 21 heavy (non-hydrogen) atoms. The number of nitrogens with two attached hydrogens (primary N) is 1. The molecule has 1 aromatic carbocycles. The number of piperidine rings is 1. The van der Waals surface area contributed by atoms with Gasteiger partial charge < -0.3 is 10.5 Å². The summed E-state index contributed by atoms with van der Waals surface area (Å²) in [5, 5.41) is 0.336. The van der Waals surface area contributed by atoms with E-state index in [-0.39, 0.29) is 22.7 Å². The molecule has 0 aromatic heterocycles. The van der Waals surface area contributed by atoms with Crippen molar-refractivity contribution in [2.24, 2.45) is 5.73 Å². The highest BCUT2D eigenvalue weighted by molar-refractivity contribution is 9.10. The zero-order valence-electron chi connectivity index (χ0n) is 11.8. The fourth-order valence-electron chi connectivity index (χ4n) is 2.60. The second-order valence-corrected chi connectivity index (χ2v) is 8.32.